The smallest absolute Gasteiger partial charge is 0.160 e. The van der Waals surface area contributed by atoms with Crippen molar-refractivity contribution in [1.82, 2.24) is 0 Å². The van der Waals surface area contributed by atoms with Gasteiger partial charge in [-0.15, -0.1) is 0 Å². The molecule has 168 valence electrons. The van der Waals surface area contributed by atoms with Crippen LogP contribution in [0.2, 0.25) is 0 Å². The molecule has 10 nitrogen and oxygen atoms in total. The van der Waals surface area contributed by atoms with Gasteiger partial charge in [0.05, 0.1) is 0 Å². The van der Waals surface area contributed by atoms with E-state index < -0.39 is 25.9 Å². The van der Waals surface area contributed by atoms with Crippen LogP contribution in [0, 0.1) is 0 Å². The summed E-state index contributed by atoms with van der Waals surface area (Å²) >= 11 is -1.08. The minimum atomic E-state index is -5.17. The molecule has 2 aromatic carbocycles. The molecule has 0 fully saturated rings. The summed E-state index contributed by atoms with van der Waals surface area (Å²) in [7, 11) is 0. The summed E-state index contributed by atoms with van der Waals surface area (Å²) in [5.41, 5.74) is 9.70. The van der Waals surface area contributed by atoms with E-state index >= 15 is 0 Å². The Morgan fingerprint density at radius 2 is 1.84 bits per heavy atom. The zero-order valence-electron chi connectivity index (χ0n) is 16.9. The molecule has 2 aromatic rings. The number of carbonyl (C=O) groups excluding carboxylic acids is 2. The number of rotatable bonds is 7. The molecule has 0 aliphatic rings. The van der Waals surface area contributed by atoms with E-state index in [9.17, 15) is 22.5 Å². The van der Waals surface area contributed by atoms with Gasteiger partial charge < -0.3 is 11.5 Å². The number of thiocarbonyl (C=S) groups is 1. The predicted molar refractivity (Wildman–Crippen MR) is 119 cm³/mol. The van der Waals surface area contributed by atoms with E-state index in [4.69, 9.17) is 8.46 Å². The molecule has 0 bridgehead atoms. The van der Waals surface area contributed by atoms with Crippen molar-refractivity contribution in [1.29, 1.82) is 0 Å². The maximum atomic E-state index is 12.6. The number of nitrogens with two attached hydrogens (primary N) is 2. The standard InChI is InChI=1S/C18H20AsNO7.CH4N2S/c1-3-9-26-18(23)13-5-4-6-15(10-13)27-19(24,25)16-8-7-14(11-17(16)22)20-12(2)21;2-1(3)4/h4-8,10-11,22H,3,9H2,1-2H3,(H,20,21)(H,24,25);(H4,2,3,4). The van der Waals surface area contributed by atoms with Crippen LogP contribution >= 0.6 is 12.2 Å². The molecule has 1 amide bonds. The van der Waals surface area contributed by atoms with Crippen molar-refractivity contribution < 1.29 is 31.0 Å². The first-order valence-corrected chi connectivity index (χ1v) is 12.6. The molecule has 0 spiro atoms. The van der Waals surface area contributed by atoms with Gasteiger partial charge in [0.1, 0.15) is 0 Å². The van der Waals surface area contributed by atoms with Gasteiger partial charge in [0.2, 0.25) is 0 Å². The van der Waals surface area contributed by atoms with Crippen molar-refractivity contribution in [3.8, 4) is 11.5 Å². The molecule has 0 aromatic heterocycles. The number of carbonyl (C=O) groups is 2. The number of hydrogen-bond acceptors (Lipinski definition) is 7. The second kappa shape index (κ2) is 12.0. The summed E-state index contributed by atoms with van der Waals surface area (Å²) in [4.78, 5) is 22.9. The summed E-state index contributed by atoms with van der Waals surface area (Å²) in [5, 5.41) is 12.5. The number of anilines is 1. The second-order valence-electron chi connectivity index (χ2n) is 6.06. The van der Waals surface area contributed by atoms with Gasteiger partial charge in [0, 0.05) is 0 Å². The Bertz CT molecular complexity index is 996. The molecule has 1 atom stereocenters. The first kappa shape index (κ1) is 26.0. The van der Waals surface area contributed by atoms with E-state index in [1.807, 2.05) is 6.92 Å². The molecular formula is C19H24AsN3O7S. The van der Waals surface area contributed by atoms with Gasteiger partial charge >= 0.3 is 159 Å². The first-order valence-electron chi connectivity index (χ1n) is 8.92. The van der Waals surface area contributed by atoms with Crippen LogP contribution in [0.25, 0.3) is 0 Å². The summed E-state index contributed by atoms with van der Waals surface area (Å²) < 4.78 is 32.9. The molecule has 0 aliphatic heterocycles. The van der Waals surface area contributed by atoms with Crippen LogP contribution in [-0.4, -0.2) is 47.0 Å². The monoisotopic (exact) mass is 513 g/mol. The number of nitrogens with one attached hydrogen (secondary N) is 1. The number of phenols is 1. The minimum absolute atomic E-state index is 0.000000000000000222. The molecular weight excluding hydrogens is 489 g/mol. The van der Waals surface area contributed by atoms with Crippen LogP contribution in [0.15, 0.2) is 42.5 Å². The summed E-state index contributed by atoms with van der Waals surface area (Å²) in [6.07, 6.45) is 0.671. The number of esters is 1. The van der Waals surface area contributed by atoms with Crippen LogP contribution in [0.4, 0.5) is 5.69 Å². The molecule has 0 saturated heterocycles. The topological polar surface area (TPSA) is 174 Å². The van der Waals surface area contributed by atoms with E-state index in [1.165, 1.54) is 43.3 Å². The summed E-state index contributed by atoms with van der Waals surface area (Å²) in [6.45, 7) is 3.43. The minimum Gasteiger partial charge on any atom is -0.377 e. The van der Waals surface area contributed by atoms with E-state index in [0.717, 1.165) is 6.07 Å². The fraction of sp³-hybridized carbons (Fsp3) is 0.211. The van der Waals surface area contributed by atoms with Crippen molar-refractivity contribution in [2.75, 3.05) is 11.9 Å². The maximum Gasteiger partial charge on any atom is 0.160 e. The predicted octanol–water partition coefficient (Wildman–Crippen LogP) is 0.754. The SMILES string of the molecule is CCCOC(=O)c1cccc(O[As](=O)(O)c2ccc(NC(C)=O)cc2O)c1.NC(N)=S. The van der Waals surface area contributed by atoms with E-state index in [1.54, 1.807) is 0 Å². The maximum absolute atomic E-state index is 12.6. The van der Waals surface area contributed by atoms with Crippen molar-refractivity contribution in [3.63, 3.8) is 0 Å². The fourth-order valence-corrected chi connectivity index (χ4v) is 4.53. The van der Waals surface area contributed by atoms with Gasteiger partial charge in [-0.25, -0.2) is 0 Å². The van der Waals surface area contributed by atoms with Crippen LogP contribution in [0.1, 0.15) is 30.6 Å². The second-order valence-corrected chi connectivity index (χ2v) is 10.1. The van der Waals surface area contributed by atoms with E-state index in [-0.39, 0.29) is 39.0 Å². The summed E-state index contributed by atoms with van der Waals surface area (Å²) in [5.74, 6) is -1.39. The molecule has 0 radical (unpaired) electrons. The molecule has 7 N–H and O–H groups in total. The number of ether oxygens (including phenoxy) is 1. The molecule has 12 heteroatoms. The third-order valence-electron chi connectivity index (χ3n) is 3.34. The Hall–Kier alpha value is -3.01. The number of benzene rings is 2. The van der Waals surface area contributed by atoms with E-state index in [2.05, 4.69) is 29.0 Å². The molecule has 0 saturated carbocycles. The third kappa shape index (κ3) is 9.12. The first-order chi connectivity index (χ1) is 14.5. The molecule has 31 heavy (non-hydrogen) atoms. The number of hydrogen-bond donors (Lipinski definition) is 5. The Balaban J connectivity index is 0.00000110. The fourth-order valence-electron chi connectivity index (χ4n) is 2.19. The van der Waals surface area contributed by atoms with Crippen molar-refractivity contribution >= 4 is 53.4 Å². The number of phenolic OH excluding ortho intramolecular Hbond substituents is 1. The van der Waals surface area contributed by atoms with Crippen molar-refractivity contribution in [2.45, 2.75) is 20.3 Å². The number of amides is 1. The Morgan fingerprint density at radius 3 is 2.39 bits per heavy atom. The van der Waals surface area contributed by atoms with Crippen LogP contribution < -0.4 is 24.9 Å². The Morgan fingerprint density at radius 1 is 1.19 bits per heavy atom. The van der Waals surface area contributed by atoms with Crippen molar-refractivity contribution in [2.24, 2.45) is 11.5 Å². The Kier molecular flexibility index (Phi) is 10.1. The average Bonchev–Trinajstić information content (AvgIpc) is 2.64. The zero-order valence-corrected chi connectivity index (χ0v) is 19.6. The largest absolute Gasteiger partial charge is 0.377 e. The molecule has 2 rings (SSSR count). The zero-order chi connectivity index (χ0) is 23.6. The van der Waals surface area contributed by atoms with Gasteiger partial charge in [-0.1, -0.05) is 0 Å². The third-order valence-corrected chi connectivity index (χ3v) is 6.37. The van der Waals surface area contributed by atoms with Gasteiger partial charge in [-0.3, -0.25) is 0 Å². The van der Waals surface area contributed by atoms with Crippen LogP contribution in [0.5, 0.6) is 11.5 Å². The molecule has 0 heterocycles. The molecule has 1 unspecified atom stereocenters. The van der Waals surface area contributed by atoms with Crippen LogP contribution in [0.3, 0.4) is 0 Å². The molecule has 0 aliphatic carbocycles. The summed E-state index contributed by atoms with van der Waals surface area (Å²) in [6, 6.07) is 9.45. The van der Waals surface area contributed by atoms with Gasteiger partial charge in [-0.05, 0) is 12.2 Å². The van der Waals surface area contributed by atoms with E-state index in [0.29, 0.717) is 6.42 Å². The van der Waals surface area contributed by atoms with Crippen LogP contribution in [-0.2, 0) is 13.3 Å². The quantitative estimate of drug-likeness (QED) is 0.202. The normalized spacial score (nSPS) is 11.8. The average molecular weight is 513 g/mol. The Labute approximate surface area is 187 Å². The van der Waals surface area contributed by atoms with Gasteiger partial charge in [0.25, 0.3) is 0 Å². The number of aromatic hydroxyl groups is 1. The van der Waals surface area contributed by atoms with Gasteiger partial charge in [-0.2, -0.15) is 0 Å². The van der Waals surface area contributed by atoms with Gasteiger partial charge in [0.15, 0.2) is 5.11 Å². The van der Waals surface area contributed by atoms with Crippen molar-refractivity contribution in [3.05, 3.63) is 48.0 Å².